The Balaban J connectivity index is 2.04. The van der Waals surface area contributed by atoms with Crippen molar-refractivity contribution in [2.75, 3.05) is 0 Å². The van der Waals surface area contributed by atoms with E-state index in [0.29, 0.717) is 0 Å². The van der Waals surface area contributed by atoms with E-state index in [9.17, 15) is 31.6 Å². The molecule has 2 aliphatic rings. The molecule has 0 fully saturated rings. The maximum absolute atomic E-state index is 17.0. The first-order chi connectivity index (χ1) is 22.2. The lowest BCUT2D eigenvalue weighted by Gasteiger charge is -2.14. The number of allylic oxidation sites excluding steroid dienone is 8. The average molecular weight is 604 g/mol. The highest BCUT2D eigenvalue weighted by Crippen LogP contribution is 2.57. The van der Waals surface area contributed by atoms with Gasteiger partial charge in [0.25, 0.3) is 0 Å². The van der Waals surface area contributed by atoms with Crippen molar-refractivity contribution in [1.29, 1.82) is 42.1 Å². The highest BCUT2D eigenvalue weighted by molar-refractivity contribution is 6.30. The van der Waals surface area contributed by atoms with Gasteiger partial charge >= 0.3 is 0 Å². The largest absolute Gasteiger partial charge is 0.222 e. The van der Waals surface area contributed by atoms with E-state index >= 15 is 17.6 Å². The van der Waals surface area contributed by atoms with Crippen molar-refractivity contribution in [2.24, 2.45) is 0 Å². The van der Waals surface area contributed by atoms with Crippen LogP contribution in [0.25, 0.3) is 33.4 Å². The van der Waals surface area contributed by atoms with E-state index in [4.69, 9.17) is 10.5 Å². The number of halogens is 4. The van der Waals surface area contributed by atoms with Crippen molar-refractivity contribution in [3.8, 4) is 48.6 Å². The van der Waals surface area contributed by atoms with Gasteiger partial charge in [-0.1, -0.05) is 0 Å². The van der Waals surface area contributed by atoms with E-state index in [2.05, 4.69) is 9.97 Å². The van der Waals surface area contributed by atoms with E-state index in [1.54, 1.807) is 24.3 Å². The van der Waals surface area contributed by atoms with E-state index in [1.165, 1.54) is 24.3 Å². The van der Waals surface area contributed by atoms with Crippen molar-refractivity contribution in [2.45, 2.75) is 0 Å². The molecule has 0 aliphatic heterocycles. The molecule has 2 heterocycles. The van der Waals surface area contributed by atoms with Crippen LogP contribution < -0.4 is 0 Å². The van der Waals surface area contributed by atoms with Crippen molar-refractivity contribution in [1.82, 2.24) is 9.97 Å². The molecule has 0 N–H and O–H groups in total. The van der Waals surface area contributed by atoms with Crippen LogP contribution in [0.5, 0.6) is 0 Å². The molecule has 0 amide bonds. The van der Waals surface area contributed by atoms with E-state index in [-0.39, 0.29) is 0 Å². The van der Waals surface area contributed by atoms with Crippen LogP contribution in [0.4, 0.5) is 17.6 Å². The maximum atomic E-state index is 17.0. The normalized spacial score (nSPS) is 12.3. The minimum Gasteiger partial charge on any atom is -0.208 e. The van der Waals surface area contributed by atoms with Gasteiger partial charge in [0.05, 0.1) is 11.1 Å². The first-order valence-electron chi connectivity index (χ1n) is 12.3. The first-order valence-corrected chi connectivity index (χ1v) is 12.3. The quantitative estimate of drug-likeness (QED) is 0.209. The Hall–Kier alpha value is -7.88. The number of benzene rings is 1. The van der Waals surface area contributed by atoms with Gasteiger partial charge in [-0.05, 0) is 24.3 Å². The average Bonchev–Trinajstić information content (AvgIpc) is 3.59. The van der Waals surface area contributed by atoms with Crippen molar-refractivity contribution in [3.63, 3.8) is 0 Å². The third kappa shape index (κ3) is 3.96. The number of aromatic nitrogens is 2. The SMILES string of the molecule is N#CC(C#N)=C1C(c2ccc(C#N)nc2F)=C(C#N)c2c(F)c3c(c(F)c21)C(=C(C#N)C#N)C(c1ccc(C#N)nc1F)=C3C#N. The lowest BCUT2D eigenvalue weighted by molar-refractivity contribution is 0.578. The molecule has 0 radical (unpaired) electrons. The Morgan fingerprint density at radius 1 is 0.478 bits per heavy atom. The number of rotatable bonds is 2. The Bertz CT molecular complexity index is 2300. The lowest BCUT2D eigenvalue weighted by Crippen LogP contribution is -2.05. The second-order valence-electron chi connectivity index (χ2n) is 9.09. The van der Waals surface area contributed by atoms with Crippen LogP contribution in [-0.2, 0) is 0 Å². The van der Waals surface area contributed by atoms with Crippen LogP contribution in [0.15, 0.2) is 35.4 Å². The number of nitriles is 8. The molecule has 1 aromatic carbocycles. The summed E-state index contributed by atoms with van der Waals surface area (Å²) in [7, 11) is 0. The molecule has 5 rings (SSSR count). The van der Waals surface area contributed by atoms with Gasteiger partial charge in [-0.3, -0.25) is 0 Å². The topological polar surface area (TPSA) is 216 Å². The molecule has 14 heteroatoms. The van der Waals surface area contributed by atoms with Gasteiger partial charge in [-0.25, -0.2) is 18.7 Å². The number of pyridine rings is 2. The second kappa shape index (κ2) is 11.1. The fourth-order valence-corrected chi connectivity index (χ4v) is 5.28. The molecule has 3 aromatic rings. The van der Waals surface area contributed by atoms with Gasteiger partial charge in [0, 0.05) is 55.7 Å². The van der Waals surface area contributed by atoms with Gasteiger partial charge in [0.2, 0.25) is 11.9 Å². The van der Waals surface area contributed by atoms with E-state index in [1.807, 2.05) is 0 Å². The molecule has 46 heavy (non-hydrogen) atoms. The number of nitrogens with zero attached hydrogens (tertiary/aromatic N) is 10. The van der Waals surface area contributed by atoms with Gasteiger partial charge in [-0.15, -0.1) is 0 Å². The van der Waals surface area contributed by atoms with Gasteiger partial charge in [-0.2, -0.15) is 50.9 Å². The monoisotopic (exact) mass is 604 g/mol. The third-order valence-electron chi connectivity index (χ3n) is 7.01. The van der Waals surface area contributed by atoms with Crippen LogP contribution in [0, 0.1) is 114 Å². The molecule has 0 saturated carbocycles. The molecular weight excluding hydrogens is 600 g/mol. The lowest BCUT2D eigenvalue weighted by atomic mass is 9.88. The van der Waals surface area contributed by atoms with Crippen molar-refractivity contribution in [3.05, 3.63) is 104 Å². The Morgan fingerprint density at radius 3 is 1.11 bits per heavy atom. The van der Waals surface area contributed by atoms with E-state index < -0.39 is 113 Å². The van der Waals surface area contributed by atoms with Crippen molar-refractivity contribution < 1.29 is 17.6 Å². The predicted octanol–water partition coefficient (Wildman–Crippen LogP) is 5.27. The molecule has 210 valence electrons. The zero-order valence-electron chi connectivity index (χ0n) is 22.3. The summed E-state index contributed by atoms with van der Waals surface area (Å²) < 4.78 is 64.3. The smallest absolute Gasteiger partial charge is 0.208 e. The molecule has 2 aromatic heterocycles. The molecule has 0 saturated heterocycles. The molecular formula is C32H4F4N10. The van der Waals surface area contributed by atoms with Gasteiger partial charge < -0.3 is 0 Å². The fourth-order valence-electron chi connectivity index (χ4n) is 5.28. The summed E-state index contributed by atoms with van der Waals surface area (Å²) in [5.41, 5.74) is -11.9. The van der Waals surface area contributed by atoms with Crippen LogP contribution in [0.1, 0.15) is 44.8 Å². The summed E-state index contributed by atoms with van der Waals surface area (Å²) in [6.45, 7) is 0. The number of fused-ring (bicyclic) bond motifs is 2. The fraction of sp³-hybridized carbons (Fsp3) is 0. The molecule has 2 aliphatic carbocycles. The van der Waals surface area contributed by atoms with Crippen LogP contribution in [0.2, 0.25) is 0 Å². The van der Waals surface area contributed by atoms with Gasteiger partial charge in [0.15, 0.2) is 0 Å². The van der Waals surface area contributed by atoms with Crippen LogP contribution in [0.3, 0.4) is 0 Å². The minimum absolute atomic E-state index is 0.408. The molecule has 0 unspecified atom stereocenters. The molecule has 0 bridgehead atoms. The number of hydrogen-bond acceptors (Lipinski definition) is 10. The van der Waals surface area contributed by atoms with Crippen molar-refractivity contribution >= 4 is 33.4 Å². The summed E-state index contributed by atoms with van der Waals surface area (Å²) in [5.74, 6) is -5.85. The highest BCUT2D eigenvalue weighted by atomic mass is 19.1. The third-order valence-corrected chi connectivity index (χ3v) is 7.01. The summed E-state index contributed by atoms with van der Waals surface area (Å²) >= 11 is 0. The second-order valence-corrected chi connectivity index (χ2v) is 9.09. The zero-order chi connectivity index (χ0) is 33.4. The van der Waals surface area contributed by atoms with Gasteiger partial charge in [0.1, 0.15) is 82.7 Å². The minimum atomic E-state index is -1.54. The highest BCUT2D eigenvalue weighted by Gasteiger charge is 2.45. The Labute approximate surface area is 255 Å². The molecule has 0 spiro atoms. The van der Waals surface area contributed by atoms with Crippen LogP contribution >= 0.6 is 0 Å². The summed E-state index contributed by atoms with van der Waals surface area (Å²) in [6.07, 6.45) is 0. The summed E-state index contributed by atoms with van der Waals surface area (Å²) in [5, 5.41) is 77.6. The summed E-state index contributed by atoms with van der Waals surface area (Å²) in [6, 6.07) is 16.3. The van der Waals surface area contributed by atoms with Crippen LogP contribution in [-0.4, -0.2) is 9.97 Å². The molecule has 0 atom stereocenters. The Morgan fingerprint density at radius 2 is 0.826 bits per heavy atom. The summed E-state index contributed by atoms with van der Waals surface area (Å²) in [4.78, 5) is 6.86. The standard InChI is InChI=1S/C32H4F4N10/c33-29-25-19(11-43)23(17-3-1-15(9-41)45-31(17)35)21(13(5-37)6-38)27(25)30(34)28-22(14(7-39)8-40)24(20(12-44)26(28)29)18-4-2-16(10-42)46-32(18)36/h1-4H. The zero-order valence-corrected chi connectivity index (χ0v) is 22.3. The Kier molecular flexibility index (Phi) is 7.13. The molecule has 10 nitrogen and oxygen atoms in total. The predicted molar refractivity (Wildman–Crippen MR) is 145 cm³/mol. The number of hydrogen-bond donors (Lipinski definition) is 0. The maximum Gasteiger partial charge on any atom is 0.222 e. The van der Waals surface area contributed by atoms with E-state index in [0.717, 1.165) is 24.3 Å². The first kappa shape index (κ1) is 29.6.